The lowest BCUT2D eigenvalue weighted by Crippen LogP contribution is -2.42. The third-order valence-electron chi connectivity index (χ3n) is 1.45. The molecule has 2 N–H and O–H groups in total. The van der Waals surface area contributed by atoms with Crippen molar-refractivity contribution in [2.75, 3.05) is 20.7 Å². The smallest absolute Gasteiger partial charge is 0.317 e. The minimum absolute atomic E-state index is 0.00389. The Labute approximate surface area is 67.2 Å². The predicted octanol–water partition coefficient (Wildman–Crippen LogP) is 0.0285. The standard InChI is InChI=1S/C7H16N2O2/c1-4-6(5-10)8-7(11)9(2)3/h6,10H,4-5H2,1-3H3,(H,8,11)/t6-/m1/s1. The molecule has 4 nitrogen and oxygen atoms in total. The molecule has 0 heterocycles. The highest BCUT2D eigenvalue weighted by Gasteiger charge is 2.09. The van der Waals surface area contributed by atoms with Crippen LogP contribution in [0, 0.1) is 0 Å². The molecule has 0 aromatic rings. The van der Waals surface area contributed by atoms with Crippen LogP contribution >= 0.6 is 0 Å². The molecule has 0 saturated carbocycles. The van der Waals surface area contributed by atoms with Crippen LogP contribution in [0.15, 0.2) is 0 Å². The molecule has 0 fully saturated rings. The molecule has 0 unspecified atom stereocenters. The molecule has 0 spiro atoms. The zero-order chi connectivity index (χ0) is 8.85. The normalized spacial score (nSPS) is 12.4. The van der Waals surface area contributed by atoms with Crippen molar-refractivity contribution in [1.29, 1.82) is 0 Å². The first-order chi connectivity index (χ1) is 5.11. The number of carbonyl (C=O) groups is 1. The van der Waals surface area contributed by atoms with Gasteiger partial charge in [0.15, 0.2) is 0 Å². The van der Waals surface area contributed by atoms with E-state index in [0.29, 0.717) is 0 Å². The summed E-state index contributed by atoms with van der Waals surface area (Å²) in [6, 6.07) is -0.282. The summed E-state index contributed by atoms with van der Waals surface area (Å²) >= 11 is 0. The maximum Gasteiger partial charge on any atom is 0.317 e. The van der Waals surface area contributed by atoms with E-state index in [1.54, 1.807) is 14.1 Å². The highest BCUT2D eigenvalue weighted by molar-refractivity contribution is 5.73. The lowest BCUT2D eigenvalue weighted by Gasteiger charge is -2.17. The van der Waals surface area contributed by atoms with Crippen molar-refractivity contribution in [2.45, 2.75) is 19.4 Å². The van der Waals surface area contributed by atoms with E-state index in [9.17, 15) is 4.79 Å². The molecule has 0 radical (unpaired) electrons. The van der Waals surface area contributed by atoms with Crippen LogP contribution in [0.5, 0.6) is 0 Å². The molecule has 0 saturated heterocycles. The first-order valence-corrected chi connectivity index (χ1v) is 3.70. The van der Waals surface area contributed by atoms with E-state index in [4.69, 9.17) is 5.11 Å². The van der Waals surface area contributed by atoms with Gasteiger partial charge in [0.2, 0.25) is 0 Å². The highest BCUT2D eigenvalue weighted by atomic mass is 16.3. The number of amides is 2. The van der Waals surface area contributed by atoms with Gasteiger partial charge in [-0.2, -0.15) is 0 Å². The van der Waals surface area contributed by atoms with Gasteiger partial charge < -0.3 is 15.3 Å². The zero-order valence-electron chi connectivity index (χ0n) is 7.29. The summed E-state index contributed by atoms with van der Waals surface area (Å²) in [6.07, 6.45) is 0.746. The van der Waals surface area contributed by atoms with Crippen molar-refractivity contribution in [3.63, 3.8) is 0 Å². The van der Waals surface area contributed by atoms with Gasteiger partial charge >= 0.3 is 6.03 Å². The molecule has 11 heavy (non-hydrogen) atoms. The van der Waals surface area contributed by atoms with E-state index in [1.807, 2.05) is 6.92 Å². The van der Waals surface area contributed by atoms with Gasteiger partial charge in [0, 0.05) is 14.1 Å². The summed E-state index contributed by atoms with van der Waals surface area (Å²) in [7, 11) is 3.33. The average molecular weight is 160 g/mol. The molecule has 0 aromatic carbocycles. The molecule has 1 atom stereocenters. The molecule has 0 rings (SSSR count). The number of aliphatic hydroxyl groups excluding tert-OH is 1. The second-order valence-electron chi connectivity index (χ2n) is 2.63. The van der Waals surface area contributed by atoms with Crippen LogP contribution in [0.4, 0.5) is 4.79 Å². The highest BCUT2D eigenvalue weighted by Crippen LogP contribution is 1.89. The Morgan fingerprint density at radius 1 is 1.64 bits per heavy atom. The topological polar surface area (TPSA) is 52.6 Å². The van der Waals surface area contributed by atoms with E-state index >= 15 is 0 Å². The lowest BCUT2D eigenvalue weighted by molar-refractivity contribution is 0.196. The average Bonchev–Trinajstić information content (AvgIpc) is 1.99. The van der Waals surface area contributed by atoms with Gasteiger partial charge in [-0.15, -0.1) is 0 Å². The van der Waals surface area contributed by atoms with E-state index < -0.39 is 0 Å². The molecule has 0 bridgehead atoms. The van der Waals surface area contributed by atoms with E-state index in [2.05, 4.69) is 5.32 Å². The van der Waals surface area contributed by atoms with Crippen molar-refractivity contribution < 1.29 is 9.90 Å². The van der Waals surface area contributed by atoms with Crippen LogP contribution < -0.4 is 5.32 Å². The number of carbonyl (C=O) groups excluding carboxylic acids is 1. The summed E-state index contributed by atoms with van der Waals surface area (Å²) in [4.78, 5) is 12.4. The van der Waals surface area contributed by atoms with Crippen molar-refractivity contribution in [2.24, 2.45) is 0 Å². The Morgan fingerprint density at radius 3 is 2.45 bits per heavy atom. The van der Waals surface area contributed by atoms with Crippen molar-refractivity contribution in [1.82, 2.24) is 10.2 Å². The molecule has 2 amide bonds. The van der Waals surface area contributed by atoms with Crippen LogP contribution in [0.25, 0.3) is 0 Å². The second-order valence-corrected chi connectivity index (χ2v) is 2.63. The minimum Gasteiger partial charge on any atom is -0.394 e. The molecular formula is C7H16N2O2. The lowest BCUT2D eigenvalue weighted by atomic mass is 10.2. The molecule has 4 heteroatoms. The first-order valence-electron chi connectivity index (χ1n) is 3.70. The Morgan fingerprint density at radius 2 is 2.18 bits per heavy atom. The van der Waals surface area contributed by atoms with Gasteiger partial charge in [0.1, 0.15) is 0 Å². The molecular weight excluding hydrogens is 144 g/mol. The Hall–Kier alpha value is -0.770. The number of urea groups is 1. The fourth-order valence-electron chi connectivity index (χ4n) is 0.581. The van der Waals surface area contributed by atoms with Gasteiger partial charge in [-0.25, -0.2) is 4.79 Å². The maximum absolute atomic E-state index is 11.0. The van der Waals surface area contributed by atoms with Gasteiger partial charge in [0.05, 0.1) is 12.6 Å². The third kappa shape index (κ3) is 3.83. The van der Waals surface area contributed by atoms with Crippen LogP contribution in [-0.2, 0) is 0 Å². The molecule has 0 aliphatic carbocycles. The fraction of sp³-hybridized carbons (Fsp3) is 0.857. The first kappa shape index (κ1) is 10.2. The van der Waals surface area contributed by atoms with Gasteiger partial charge in [-0.3, -0.25) is 0 Å². The molecule has 0 aromatic heterocycles. The number of hydrogen-bond acceptors (Lipinski definition) is 2. The van der Waals surface area contributed by atoms with Crippen molar-refractivity contribution >= 4 is 6.03 Å². The van der Waals surface area contributed by atoms with Gasteiger partial charge in [-0.1, -0.05) is 6.92 Å². The largest absolute Gasteiger partial charge is 0.394 e. The minimum atomic E-state index is -0.161. The number of nitrogens with one attached hydrogen (secondary N) is 1. The van der Waals surface area contributed by atoms with Crippen LogP contribution in [-0.4, -0.2) is 42.8 Å². The number of aliphatic hydroxyl groups is 1. The van der Waals surface area contributed by atoms with Crippen LogP contribution in [0.3, 0.4) is 0 Å². The summed E-state index contributed by atoms with van der Waals surface area (Å²) in [5, 5.41) is 11.4. The van der Waals surface area contributed by atoms with E-state index in [-0.39, 0.29) is 18.7 Å². The maximum atomic E-state index is 11.0. The monoisotopic (exact) mass is 160 g/mol. The number of hydrogen-bond donors (Lipinski definition) is 2. The van der Waals surface area contributed by atoms with E-state index in [1.165, 1.54) is 4.90 Å². The van der Waals surface area contributed by atoms with Crippen LogP contribution in [0.1, 0.15) is 13.3 Å². The fourth-order valence-corrected chi connectivity index (χ4v) is 0.581. The summed E-state index contributed by atoms with van der Waals surface area (Å²) in [5.41, 5.74) is 0. The molecule has 66 valence electrons. The van der Waals surface area contributed by atoms with Crippen molar-refractivity contribution in [3.8, 4) is 0 Å². The zero-order valence-corrected chi connectivity index (χ0v) is 7.29. The van der Waals surface area contributed by atoms with E-state index in [0.717, 1.165) is 6.42 Å². The number of nitrogens with zero attached hydrogens (tertiary/aromatic N) is 1. The van der Waals surface area contributed by atoms with Gasteiger partial charge in [-0.05, 0) is 6.42 Å². The van der Waals surface area contributed by atoms with Crippen LogP contribution in [0.2, 0.25) is 0 Å². The summed E-state index contributed by atoms with van der Waals surface area (Å²) in [5.74, 6) is 0. The Bertz CT molecular complexity index is 122. The molecule has 0 aliphatic heterocycles. The van der Waals surface area contributed by atoms with Gasteiger partial charge in [0.25, 0.3) is 0 Å². The predicted molar refractivity (Wildman–Crippen MR) is 43.4 cm³/mol. The third-order valence-corrected chi connectivity index (χ3v) is 1.45. The number of rotatable bonds is 3. The Balaban J connectivity index is 3.72. The SMILES string of the molecule is CC[C@H](CO)NC(=O)N(C)C. The molecule has 0 aliphatic rings. The quantitative estimate of drug-likeness (QED) is 0.612. The summed E-state index contributed by atoms with van der Waals surface area (Å²) in [6.45, 7) is 1.91. The van der Waals surface area contributed by atoms with Crippen molar-refractivity contribution in [3.05, 3.63) is 0 Å². The summed E-state index contributed by atoms with van der Waals surface area (Å²) < 4.78 is 0. The Kier molecular flexibility index (Phi) is 4.61. The second kappa shape index (κ2) is 4.96.